The molecule has 0 radical (unpaired) electrons. The molecule has 1 atom stereocenters. The molecule has 0 saturated carbocycles. The summed E-state index contributed by atoms with van der Waals surface area (Å²) in [6.07, 6.45) is 1.83. The van der Waals surface area contributed by atoms with E-state index in [9.17, 15) is 0 Å². The Hall–Kier alpha value is -2.28. The molecular weight excluding hydrogens is 492 g/mol. The predicted octanol–water partition coefficient (Wildman–Crippen LogP) is 9.10. The van der Waals surface area contributed by atoms with Crippen LogP contribution in [-0.2, 0) is 23.4 Å². The van der Waals surface area contributed by atoms with Gasteiger partial charge in [-0.15, -0.1) is 5.69 Å². The molecule has 4 aromatic carbocycles. The van der Waals surface area contributed by atoms with E-state index >= 15 is 0 Å². The predicted molar refractivity (Wildman–Crippen MR) is 144 cm³/mol. The second-order valence-corrected chi connectivity index (χ2v) is 13.8. The van der Waals surface area contributed by atoms with E-state index in [4.69, 9.17) is 4.84 Å². The Morgan fingerprint density at radius 2 is 1.44 bits per heavy atom. The molecule has 171 valence electrons. The first-order valence-electron chi connectivity index (χ1n) is 10.8. The number of para-hydroxylation sites is 1. The van der Waals surface area contributed by atoms with Gasteiger partial charge in [0.25, 0.3) is 0 Å². The van der Waals surface area contributed by atoms with Gasteiger partial charge in [0.1, 0.15) is 0 Å². The van der Waals surface area contributed by atoms with Crippen LogP contribution in [0.1, 0.15) is 16.7 Å². The van der Waals surface area contributed by atoms with E-state index in [0.717, 1.165) is 22.5 Å². The van der Waals surface area contributed by atoms with Gasteiger partial charge in [0, 0.05) is 13.3 Å². The number of hydrogen-bond donors (Lipinski definition) is 0. The fourth-order valence-corrected chi connectivity index (χ4v) is 7.61. The van der Waals surface area contributed by atoms with Crippen LogP contribution in [0.4, 0.5) is 11.4 Å². The molecule has 0 aliphatic rings. The summed E-state index contributed by atoms with van der Waals surface area (Å²) in [5, 5.41) is 0. The molecule has 0 N–H and O–H groups in total. The Morgan fingerprint density at radius 3 is 2.06 bits per heavy atom. The Bertz CT molecular complexity index is 1220. The molecule has 4 rings (SSSR count). The monoisotopic (exact) mass is 519 g/mol. The molecule has 34 heavy (non-hydrogen) atoms. The molecule has 3 nitrogen and oxygen atoms in total. The van der Waals surface area contributed by atoms with Gasteiger partial charge in [-0.2, -0.15) is 0 Å². The average Bonchev–Trinajstić information content (AvgIpc) is 2.87. The molecule has 0 aromatic heterocycles. The Morgan fingerprint density at radius 1 is 0.853 bits per heavy atom. The van der Waals surface area contributed by atoms with Gasteiger partial charge < -0.3 is 10.3 Å². The van der Waals surface area contributed by atoms with E-state index in [0.29, 0.717) is 0 Å². The van der Waals surface area contributed by atoms with Crippen molar-refractivity contribution in [3.05, 3.63) is 125 Å². The maximum absolute atomic E-state index is 4.90. The van der Waals surface area contributed by atoms with Crippen LogP contribution < -0.4 is 0 Å². The summed E-state index contributed by atoms with van der Waals surface area (Å²) in [4.78, 5) is 12.1. The summed E-state index contributed by atoms with van der Waals surface area (Å²) in [7, 11) is 3.48. The normalized spacial score (nSPS) is 11.6. The third-order valence-corrected chi connectivity index (χ3v) is 9.91. The van der Waals surface area contributed by atoms with Crippen LogP contribution in [0.5, 0.6) is 0 Å². The zero-order chi connectivity index (χ0) is 24.2. The van der Waals surface area contributed by atoms with Crippen LogP contribution >= 0.6 is 17.8 Å². The van der Waals surface area contributed by atoms with Crippen molar-refractivity contribution in [2.45, 2.75) is 23.6 Å². The number of rotatable bonds is 7. The molecule has 0 bridgehead atoms. The van der Waals surface area contributed by atoms with Gasteiger partial charge in [0.2, 0.25) is 0 Å². The summed E-state index contributed by atoms with van der Waals surface area (Å²) < 4.78 is 0. The Kier molecular flexibility index (Phi) is 11.0. The third-order valence-electron chi connectivity index (χ3n) is 4.65. The van der Waals surface area contributed by atoms with Gasteiger partial charge in [-0.05, 0) is 31.5 Å². The van der Waals surface area contributed by atoms with E-state index in [1.807, 2.05) is 54.3 Å². The summed E-state index contributed by atoms with van der Waals surface area (Å²) in [5.41, 5.74) is 9.04. The molecule has 0 spiro atoms. The van der Waals surface area contributed by atoms with E-state index in [1.54, 1.807) is 7.11 Å². The fraction of sp³-hybridized carbons (Fsp3) is 0.107. The Balaban J connectivity index is 0.000000196. The number of nitrogens with zero attached hydrogens (tertiary/aromatic N) is 2. The minimum atomic E-state index is 0.232. The molecule has 0 saturated heterocycles. The minimum absolute atomic E-state index is 0.232. The van der Waals surface area contributed by atoms with E-state index in [-0.39, 0.29) is 7.00 Å². The van der Waals surface area contributed by atoms with E-state index in [1.165, 1.54) is 15.4 Å². The maximum atomic E-state index is 4.90. The number of hydrogen-bond acceptors (Lipinski definition) is 3. The van der Waals surface area contributed by atoms with Crippen molar-refractivity contribution in [2.24, 2.45) is 4.99 Å². The van der Waals surface area contributed by atoms with Crippen molar-refractivity contribution in [1.82, 2.24) is 0 Å². The van der Waals surface area contributed by atoms with Crippen LogP contribution in [0.3, 0.4) is 0 Å². The van der Waals surface area contributed by atoms with Crippen LogP contribution in [0, 0.1) is 13.8 Å². The Labute approximate surface area is 218 Å². The molecule has 0 aliphatic heterocycles. The topological polar surface area (TPSA) is 35.7 Å². The van der Waals surface area contributed by atoms with Gasteiger partial charge in [-0.1, -0.05) is 41.5 Å². The van der Waals surface area contributed by atoms with E-state index < -0.39 is 0 Å². The van der Waals surface area contributed by atoms with Crippen molar-refractivity contribution in [1.29, 1.82) is 0 Å². The van der Waals surface area contributed by atoms with Crippen molar-refractivity contribution in [3.8, 4) is 0 Å². The first-order chi connectivity index (χ1) is 16.6. The summed E-state index contributed by atoms with van der Waals surface area (Å²) in [5.74, 6) is 0. The zero-order valence-electron chi connectivity index (χ0n) is 19.5. The number of aryl methyl sites for hydroxylation is 2. The quantitative estimate of drug-likeness (QED) is 0.106. The zero-order valence-corrected chi connectivity index (χ0v) is 22.7. The SMILES string of the molecule is CO[N-]c1c(C)cc(C)cc1C=Nc1ccccc1.[Ti+]=[S](Sc1ccccc1)c1ccccc1. The summed E-state index contributed by atoms with van der Waals surface area (Å²) >= 11 is 2.27. The average molecular weight is 520 g/mol. The van der Waals surface area contributed by atoms with Gasteiger partial charge in [0.05, 0.1) is 5.69 Å². The number of aliphatic imine (C=N–C) groups is 1. The standard InChI is InChI=1S/C16H17N2O.C12H10S2.Ti/c1-12-9-13(2)16(18-19-3)14(10-12)11-17-15-7-5-4-6-8-15;1-3-7-11(8-4-1)13-14-12-9-5-2-6-10-12;/h4-11H,1-3H3;1-10H;/q-1;;+1. The van der Waals surface area contributed by atoms with Crippen LogP contribution in [0.15, 0.2) is 118 Å². The fourth-order valence-electron chi connectivity index (χ4n) is 3.13. The van der Waals surface area contributed by atoms with E-state index in [2.05, 4.69) is 109 Å². The van der Waals surface area contributed by atoms with Gasteiger partial charge >= 0.3 is 107 Å². The van der Waals surface area contributed by atoms with Gasteiger partial charge in [0.15, 0.2) is 0 Å². The van der Waals surface area contributed by atoms with Crippen molar-refractivity contribution >= 4 is 35.4 Å². The van der Waals surface area contributed by atoms with Gasteiger partial charge in [-0.25, -0.2) is 0 Å². The van der Waals surface area contributed by atoms with Gasteiger partial charge in [-0.3, -0.25) is 4.99 Å². The van der Waals surface area contributed by atoms with Crippen LogP contribution in [0.25, 0.3) is 5.48 Å². The molecule has 6 heteroatoms. The van der Waals surface area contributed by atoms with Crippen LogP contribution in [-0.4, -0.2) is 13.3 Å². The van der Waals surface area contributed by atoms with Crippen molar-refractivity contribution in [3.63, 3.8) is 0 Å². The summed E-state index contributed by atoms with van der Waals surface area (Å²) in [6.45, 7) is 4.31. The van der Waals surface area contributed by atoms with Crippen molar-refractivity contribution in [2.75, 3.05) is 7.11 Å². The van der Waals surface area contributed by atoms with Crippen molar-refractivity contribution < 1.29 is 23.4 Å². The molecule has 1 unspecified atom stereocenters. The second-order valence-electron chi connectivity index (χ2n) is 7.37. The molecule has 4 aromatic rings. The first kappa shape index (κ1) is 26.3. The molecule has 0 heterocycles. The third kappa shape index (κ3) is 8.50. The number of benzene rings is 4. The first-order valence-corrected chi connectivity index (χ1v) is 15.2. The van der Waals surface area contributed by atoms with Crippen LogP contribution in [0.2, 0.25) is 0 Å². The molecule has 0 aliphatic carbocycles. The molecule has 0 fully saturated rings. The summed E-state index contributed by atoms with van der Waals surface area (Å²) in [6, 6.07) is 35.2. The molecule has 0 amide bonds. The molecular formula is C28H27N2OS2Ti. The second kappa shape index (κ2) is 14.2.